The average molecular weight is 449 g/mol. The molecule has 33 heavy (non-hydrogen) atoms. The van der Waals surface area contributed by atoms with Gasteiger partial charge in [-0.15, -0.1) is 0 Å². The molecule has 7 unspecified atom stereocenters. The minimum atomic E-state index is -0.166. The highest BCUT2D eigenvalue weighted by Crippen LogP contribution is 2.70. The Balaban J connectivity index is 1.37. The lowest BCUT2D eigenvalue weighted by molar-refractivity contribution is -0.220. The monoisotopic (exact) mass is 448 g/mol. The van der Waals surface area contributed by atoms with Gasteiger partial charge in [-0.2, -0.15) is 0 Å². The number of benzene rings is 1. The second-order valence-corrected chi connectivity index (χ2v) is 10.9. The summed E-state index contributed by atoms with van der Waals surface area (Å²) in [5, 5.41) is 13.9. The molecular weight excluding hydrogens is 412 g/mol. The molecule has 0 aromatic heterocycles. The molecular formula is C28H36N2O3. The molecule has 1 aromatic rings. The topological polar surface area (TPSA) is 61.8 Å². The van der Waals surface area contributed by atoms with E-state index in [0.29, 0.717) is 24.3 Å². The molecule has 6 rings (SSSR count). The van der Waals surface area contributed by atoms with Crippen molar-refractivity contribution in [2.24, 2.45) is 23.2 Å². The number of likely N-dealkylation sites (tertiary alicyclic amines) is 1. The third kappa shape index (κ3) is 3.01. The summed E-state index contributed by atoms with van der Waals surface area (Å²) in [6.45, 7) is 5.21. The Morgan fingerprint density at radius 3 is 2.94 bits per heavy atom. The van der Waals surface area contributed by atoms with E-state index in [-0.39, 0.29) is 34.8 Å². The van der Waals surface area contributed by atoms with Crippen molar-refractivity contribution in [3.63, 3.8) is 0 Å². The van der Waals surface area contributed by atoms with E-state index < -0.39 is 0 Å². The second-order valence-electron chi connectivity index (χ2n) is 10.9. The van der Waals surface area contributed by atoms with Gasteiger partial charge in [-0.25, -0.2) is 0 Å². The maximum atomic E-state index is 13.1. The van der Waals surface area contributed by atoms with Crippen molar-refractivity contribution < 1.29 is 14.6 Å². The number of carbonyl (C=O) groups is 1. The molecule has 2 saturated heterocycles. The van der Waals surface area contributed by atoms with Gasteiger partial charge in [0.1, 0.15) is 5.76 Å². The predicted molar refractivity (Wildman–Crippen MR) is 128 cm³/mol. The zero-order valence-corrected chi connectivity index (χ0v) is 19.6. The van der Waals surface area contributed by atoms with Crippen molar-refractivity contribution in [2.75, 3.05) is 19.7 Å². The zero-order valence-electron chi connectivity index (χ0n) is 19.6. The number of amides is 1. The van der Waals surface area contributed by atoms with Gasteiger partial charge in [-0.1, -0.05) is 37.6 Å². The predicted octanol–water partition coefficient (Wildman–Crippen LogP) is 4.47. The molecule has 2 N–H and O–H groups in total. The van der Waals surface area contributed by atoms with E-state index in [1.165, 1.54) is 12.8 Å². The summed E-state index contributed by atoms with van der Waals surface area (Å²) in [6, 6.07) is 10.1. The van der Waals surface area contributed by atoms with E-state index in [1.54, 1.807) is 0 Å². The summed E-state index contributed by atoms with van der Waals surface area (Å²) >= 11 is 0. The van der Waals surface area contributed by atoms with E-state index in [9.17, 15) is 9.90 Å². The summed E-state index contributed by atoms with van der Waals surface area (Å²) in [5.41, 5.74) is 0.521. The fourth-order valence-electron chi connectivity index (χ4n) is 8.33. The largest absolute Gasteiger partial charge is 0.508 e. The molecule has 4 bridgehead atoms. The molecule has 2 aliphatic heterocycles. The van der Waals surface area contributed by atoms with Crippen molar-refractivity contribution in [1.29, 1.82) is 0 Å². The lowest BCUT2D eigenvalue weighted by atomic mass is 9.42. The van der Waals surface area contributed by atoms with Gasteiger partial charge in [0, 0.05) is 29.0 Å². The molecule has 0 radical (unpaired) electrons. The molecule has 176 valence electrons. The van der Waals surface area contributed by atoms with E-state index in [0.717, 1.165) is 44.3 Å². The van der Waals surface area contributed by atoms with Crippen LogP contribution in [0, 0.1) is 23.2 Å². The minimum absolute atomic E-state index is 0.0163. The van der Waals surface area contributed by atoms with Crippen LogP contribution in [-0.2, 0) is 4.74 Å². The maximum absolute atomic E-state index is 13.1. The first-order chi connectivity index (χ1) is 16.1. The highest BCUT2D eigenvalue weighted by molar-refractivity contribution is 5.94. The first kappa shape index (κ1) is 21.4. The molecule has 2 heterocycles. The van der Waals surface area contributed by atoms with Crippen LogP contribution < -0.4 is 5.32 Å². The van der Waals surface area contributed by atoms with Crippen LogP contribution in [0.1, 0.15) is 55.8 Å². The van der Waals surface area contributed by atoms with Gasteiger partial charge in [-0.05, 0) is 81.3 Å². The van der Waals surface area contributed by atoms with Crippen LogP contribution in [0.5, 0.6) is 0 Å². The Hall–Kier alpha value is -2.11. The number of rotatable bonds is 5. The second kappa shape index (κ2) is 7.99. The molecule has 0 spiro atoms. The van der Waals surface area contributed by atoms with Crippen LogP contribution in [0.4, 0.5) is 0 Å². The lowest BCUT2D eigenvalue weighted by Gasteiger charge is -2.68. The Kier molecular flexibility index (Phi) is 5.19. The van der Waals surface area contributed by atoms with Crippen LogP contribution in [0.3, 0.4) is 0 Å². The Bertz CT molecular complexity index is 975. The summed E-state index contributed by atoms with van der Waals surface area (Å²) in [5.74, 6) is 1.38. The summed E-state index contributed by atoms with van der Waals surface area (Å²) < 4.78 is 6.91. The first-order valence-electron chi connectivity index (χ1n) is 12.9. The number of nitrogens with one attached hydrogen (secondary N) is 1. The third-order valence-electron chi connectivity index (χ3n) is 9.64. The minimum Gasteiger partial charge on any atom is -0.508 e. The Labute approximate surface area is 196 Å². The number of aliphatic hydroxyl groups is 1. The number of hydrogen-bond donors (Lipinski definition) is 2. The molecule has 5 heteroatoms. The van der Waals surface area contributed by atoms with Crippen LogP contribution in [0.2, 0.25) is 0 Å². The smallest absolute Gasteiger partial charge is 0.251 e. The average Bonchev–Trinajstić information content (AvgIpc) is 3.09. The fraction of sp³-hybridized carbons (Fsp3) is 0.607. The summed E-state index contributed by atoms with van der Waals surface area (Å²) in [6.07, 6.45) is 12.8. The van der Waals surface area contributed by atoms with E-state index >= 15 is 0 Å². The first-order valence-corrected chi connectivity index (χ1v) is 12.9. The highest BCUT2D eigenvalue weighted by Gasteiger charge is 2.75. The van der Waals surface area contributed by atoms with Crippen molar-refractivity contribution in [3.8, 4) is 0 Å². The van der Waals surface area contributed by atoms with Crippen molar-refractivity contribution in [2.45, 2.75) is 63.1 Å². The van der Waals surface area contributed by atoms with Crippen molar-refractivity contribution in [1.82, 2.24) is 10.2 Å². The number of unbranched alkanes of at least 4 members (excludes halogenated alkanes) is 1. The van der Waals surface area contributed by atoms with Gasteiger partial charge in [0.05, 0.1) is 12.2 Å². The quantitative estimate of drug-likeness (QED) is 0.698. The SMILES string of the molecule is CCCCN1CCC23C4C=C(O)C=CC4CC1C21CCC(NC(=O)c2ccccc2)C3CO1. The van der Waals surface area contributed by atoms with Crippen molar-refractivity contribution >= 4 is 5.91 Å². The molecule has 5 aliphatic rings. The standard InChI is InChI=1S/C28H36N2O3/c1-2-3-14-30-15-13-27-22-17-21(31)10-9-20(22)16-25(30)28(27)12-11-24(23(27)18-33-28)29-26(32)19-7-5-4-6-8-19/h4-10,17,20,22-25,31H,2-3,11-16,18H2,1H3,(H,29,32). The third-order valence-corrected chi connectivity index (χ3v) is 9.64. The fourth-order valence-corrected chi connectivity index (χ4v) is 8.33. The lowest BCUT2D eigenvalue weighted by Crippen LogP contribution is -2.75. The molecule has 1 aromatic carbocycles. The highest BCUT2D eigenvalue weighted by atomic mass is 16.5. The van der Waals surface area contributed by atoms with Gasteiger partial charge >= 0.3 is 0 Å². The van der Waals surface area contributed by atoms with Crippen LogP contribution in [0.15, 0.2) is 54.3 Å². The zero-order chi connectivity index (χ0) is 22.6. The van der Waals surface area contributed by atoms with Crippen LogP contribution >= 0.6 is 0 Å². The molecule has 1 amide bonds. The van der Waals surface area contributed by atoms with Gasteiger partial charge in [0.2, 0.25) is 0 Å². The number of allylic oxidation sites excluding steroid dienone is 3. The maximum Gasteiger partial charge on any atom is 0.251 e. The number of hydrogen-bond acceptors (Lipinski definition) is 4. The molecule has 4 fully saturated rings. The van der Waals surface area contributed by atoms with Gasteiger partial charge < -0.3 is 15.2 Å². The molecule has 5 nitrogen and oxygen atoms in total. The van der Waals surface area contributed by atoms with E-state index in [4.69, 9.17) is 4.74 Å². The number of ether oxygens (including phenoxy) is 1. The number of piperidine rings is 1. The number of carbonyl (C=O) groups excluding carboxylic acids is 1. The molecule has 7 atom stereocenters. The molecule has 2 saturated carbocycles. The van der Waals surface area contributed by atoms with Gasteiger partial charge in [0.25, 0.3) is 5.91 Å². The summed E-state index contributed by atoms with van der Waals surface area (Å²) in [4.78, 5) is 15.8. The number of aliphatic hydroxyl groups excluding tert-OH is 1. The van der Waals surface area contributed by atoms with Crippen LogP contribution in [-0.4, -0.2) is 53.3 Å². The van der Waals surface area contributed by atoms with Gasteiger partial charge in [0.15, 0.2) is 0 Å². The van der Waals surface area contributed by atoms with Crippen LogP contribution in [0.25, 0.3) is 0 Å². The molecule has 3 aliphatic carbocycles. The van der Waals surface area contributed by atoms with Crippen molar-refractivity contribution in [3.05, 3.63) is 59.9 Å². The van der Waals surface area contributed by atoms with Gasteiger partial charge in [-0.3, -0.25) is 9.69 Å². The number of nitrogens with zero attached hydrogens (tertiary/aromatic N) is 1. The Morgan fingerprint density at radius 2 is 2.12 bits per heavy atom. The van der Waals surface area contributed by atoms with E-state index in [2.05, 4.69) is 29.3 Å². The van der Waals surface area contributed by atoms with E-state index in [1.807, 2.05) is 36.4 Å². The number of fused-ring (bicyclic) bond motifs is 1. The normalized spacial score (nSPS) is 41.1. The Morgan fingerprint density at radius 1 is 1.27 bits per heavy atom. The summed E-state index contributed by atoms with van der Waals surface area (Å²) in [7, 11) is 0.